The maximum absolute atomic E-state index is 6.03. The Morgan fingerprint density at radius 1 is 1.05 bits per heavy atom. The zero-order chi connectivity index (χ0) is 15.2. The van der Waals surface area contributed by atoms with Crippen LogP contribution in [0.4, 0.5) is 0 Å². The van der Waals surface area contributed by atoms with E-state index in [2.05, 4.69) is 0 Å². The summed E-state index contributed by atoms with van der Waals surface area (Å²) in [6.07, 6.45) is 0. The Kier molecular flexibility index (Phi) is 5.59. The summed E-state index contributed by atoms with van der Waals surface area (Å²) in [4.78, 5) is 0. The van der Waals surface area contributed by atoms with Crippen molar-refractivity contribution in [3.8, 4) is 17.2 Å². The lowest BCUT2D eigenvalue weighted by Crippen LogP contribution is -2.01. The average Bonchev–Trinajstić information content (AvgIpc) is 2.52. The van der Waals surface area contributed by atoms with Crippen molar-refractivity contribution in [1.29, 1.82) is 0 Å². The summed E-state index contributed by atoms with van der Waals surface area (Å²) in [5, 5.41) is 0.566. The summed E-state index contributed by atoms with van der Waals surface area (Å²) in [5.74, 6) is 2.27. The number of hydrogen-bond donors (Lipinski definition) is 0. The first-order valence-electron chi connectivity index (χ1n) is 6.36. The van der Waals surface area contributed by atoms with Crippen LogP contribution in [0.1, 0.15) is 11.1 Å². The first-order chi connectivity index (χ1) is 10.2. The molecule has 5 heteroatoms. The smallest absolute Gasteiger partial charge is 0.166 e. The molecule has 2 aromatic rings. The van der Waals surface area contributed by atoms with Gasteiger partial charge in [0.15, 0.2) is 11.5 Å². The summed E-state index contributed by atoms with van der Waals surface area (Å²) >= 11 is 12.0. The molecule has 0 aliphatic carbocycles. The highest BCUT2D eigenvalue weighted by molar-refractivity contribution is 6.31. The quantitative estimate of drug-likeness (QED) is 0.721. The van der Waals surface area contributed by atoms with Gasteiger partial charge < -0.3 is 14.2 Å². The maximum Gasteiger partial charge on any atom is 0.166 e. The first-order valence-corrected chi connectivity index (χ1v) is 7.27. The molecule has 2 aromatic carbocycles. The van der Waals surface area contributed by atoms with Gasteiger partial charge in [-0.3, -0.25) is 0 Å². The van der Waals surface area contributed by atoms with Gasteiger partial charge in [-0.1, -0.05) is 23.7 Å². The van der Waals surface area contributed by atoms with Crippen LogP contribution < -0.4 is 14.2 Å². The van der Waals surface area contributed by atoms with Crippen molar-refractivity contribution in [1.82, 2.24) is 0 Å². The molecular formula is C16H16Cl2O3. The molecule has 0 aliphatic rings. The molecule has 0 aromatic heterocycles. The van der Waals surface area contributed by atoms with Crippen LogP contribution in [0.25, 0.3) is 0 Å². The predicted molar refractivity (Wildman–Crippen MR) is 84.9 cm³/mol. The topological polar surface area (TPSA) is 27.7 Å². The van der Waals surface area contributed by atoms with Gasteiger partial charge in [-0.05, 0) is 23.8 Å². The van der Waals surface area contributed by atoms with E-state index < -0.39 is 0 Å². The molecular weight excluding hydrogens is 311 g/mol. The number of halogens is 2. The number of ether oxygens (including phenoxy) is 3. The largest absolute Gasteiger partial charge is 0.497 e. The zero-order valence-corrected chi connectivity index (χ0v) is 13.4. The van der Waals surface area contributed by atoms with Gasteiger partial charge in [-0.2, -0.15) is 0 Å². The molecule has 3 nitrogen and oxygen atoms in total. The van der Waals surface area contributed by atoms with E-state index in [-0.39, 0.29) is 0 Å². The summed E-state index contributed by atoms with van der Waals surface area (Å²) in [6, 6.07) is 11.2. The van der Waals surface area contributed by atoms with Crippen LogP contribution in [0.15, 0.2) is 36.4 Å². The van der Waals surface area contributed by atoms with E-state index >= 15 is 0 Å². The monoisotopic (exact) mass is 326 g/mol. The number of rotatable bonds is 6. The lowest BCUT2D eigenvalue weighted by Gasteiger charge is -2.15. The molecule has 2 rings (SSSR count). The van der Waals surface area contributed by atoms with Gasteiger partial charge in [-0.25, -0.2) is 0 Å². The van der Waals surface area contributed by atoms with Crippen molar-refractivity contribution in [2.45, 2.75) is 12.5 Å². The van der Waals surface area contributed by atoms with Crippen LogP contribution in [0.5, 0.6) is 17.2 Å². The van der Waals surface area contributed by atoms with Crippen LogP contribution in [0.2, 0.25) is 5.02 Å². The third-order valence-electron chi connectivity index (χ3n) is 2.98. The van der Waals surface area contributed by atoms with Crippen molar-refractivity contribution in [2.24, 2.45) is 0 Å². The summed E-state index contributed by atoms with van der Waals surface area (Å²) < 4.78 is 16.4. The molecule has 0 amide bonds. The minimum Gasteiger partial charge on any atom is -0.497 e. The minimum atomic E-state index is 0.296. The van der Waals surface area contributed by atoms with E-state index in [1.807, 2.05) is 24.3 Å². The molecule has 0 spiro atoms. The third kappa shape index (κ3) is 3.96. The van der Waals surface area contributed by atoms with Crippen molar-refractivity contribution < 1.29 is 14.2 Å². The first kappa shape index (κ1) is 15.8. The van der Waals surface area contributed by atoms with E-state index in [0.29, 0.717) is 29.0 Å². The molecule has 0 saturated heterocycles. The Morgan fingerprint density at radius 3 is 2.52 bits per heavy atom. The van der Waals surface area contributed by atoms with E-state index in [0.717, 1.165) is 16.9 Å². The Balaban J connectivity index is 2.22. The molecule has 0 atom stereocenters. The molecule has 0 unspecified atom stereocenters. The second kappa shape index (κ2) is 7.43. The molecule has 0 aliphatic heterocycles. The van der Waals surface area contributed by atoms with Crippen molar-refractivity contribution >= 4 is 23.2 Å². The molecule has 0 saturated carbocycles. The van der Waals surface area contributed by atoms with Crippen molar-refractivity contribution in [3.63, 3.8) is 0 Å². The highest BCUT2D eigenvalue weighted by Crippen LogP contribution is 2.36. The minimum absolute atomic E-state index is 0.296. The summed E-state index contributed by atoms with van der Waals surface area (Å²) in [6.45, 7) is 0.388. The van der Waals surface area contributed by atoms with E-state index in [1.54, 1.807) is 26.4 Å². The molecule has 112 valence electrons. The average molecular weight is 327 g/mol. The van der Waals surface area contributed by atoms with E-state index in [9.17, 15) is 0 Å². The zero-order valence-electron chi connectivity index (χ0n) is 11.9. The molecule has 0 fully saturated rings. The molecule has 0 N–H and O–H groups in total. The Bertz CT molecular complexity index is 589. The second-order valence-corrected chi connectivity index (χ2v) is 5.07. The number of hydrogen-bond acceptors (Lipinski definition) is 3. The highest BCUT2D eigenvalue weighted by atomic mass is 35.5. The molecule has 0 bridgehead atoms. The Labute approximate surface area is 134 Å². The SMILES string of the molecule is COc1cccc(COc2c(CCl)cc(Cl)cc2OC)c1. The van der Waals surface area contributed by atoms with Gasteiger partial charge in [0.25, 0.3) is 0 Å². The van der Waals surface area contributed by atoms with Crippen LogP contribution in [0, 0.1) is 0 Å². The fraction of sp³-hybridized carbons (Fsp3) is 0.250. The van der Waals surface area contributed by atoms with Gasteiger partial charge in [0.05, 0.1) is 20.1 Å². The van der Waals surface area contributed by atoms with Gasteiger partial charge in [0.1, 0.15) is 12.4 Å². The third-order valence-corrected chi connectivity index (χ3v) is 3.48. The van der Waals surface area contributed by atoms with Gasteiger partial charge in [0.2, 0.25) is 0 Å². The van der Waals surface area contributed by atoms with Gasteiger partial charge in [-0.15, -0.1) is 11.6 Å². The van der Waals surface area contributed by atoms with Gasteiger partial charge in [0, 0.05) is 16.7 Å². The number of benzene rings is 2. The fourth-order valence-corrected chi connectivity index (χ4v) is 2.38. The Morgan fingerprint density at radius 2 is 1.86 bits per heavy atom. The van der Waals surface area contributed by atoms with Crippen molar-refractivity contribution in [3.05, 3.63) is 52.5 Å². The standard InChI is InChI=1S/C16H16Cl2O3/c1-19-14-5-3-4-11(6-14)10-21-16-12(9-17)7-13(18)8-15(16)20-2/h3-8H,9-10H2,1-2H3. The number of methoxy groups -OCH3 is 2. The normalized spacial score (nSPS) is 10.3. The second-order valence-electron chi connectivity index (χ2n) is 4.37. The summed E-state index contributed by atoms with van der Waals surface area (Å²) in [7, 11) is 3.20. The molecule has 0 radical (unpaired) electrons. The summed E-state index contributed by atoms with van der Waals surface area (Å²) in [5.41, 5.74) is 1.79. The highest BCUT2D eigenvalue weighted by Gasteiger charge is 2.12. The van der Waals surface area contributed by atoms with Crippen LogP contribution in [-0.2, 0) is 12.5 Å². The van der Waals surface area contributed by atoms with Crippen LogP contribution >= 0.6 is 23.2 Å². The lowest BCUT2D eigenvalue weighted by atomic mass is 10.2. The van der Waals surface area contributed by atoms with E-state index in [4.69, 9.17) is 37.4 Å². The van der Waals surface area contributed by atoms with Crippen molar-refractivity contribution in [2.75, 3.05) is 14.2 Å². The lowest BCUT2D eigenvalue weighted by molar-refractivity contribution is 0.281. The molecule has 21 heavy (non-hydrogen) atoms. The predicted octanol–water partition coefficient (Wildman–Crippen LogP) is 4.68. The van der Waals surface area contributed by atoms with Gasteiger partial charge >= 0.3 is 0 Å². The number of alkyl halides is 1. The maximum atomic E-state index is 6.03. The van der Waals surface area contributed by atoms with E-state index in [1.165, 1.54) is 0 Å². The van der Waals surface area contributed by atoms with Crippen LogP contribution in [-0.4, -0.2) is 14.2 Å². The van der Waals surface area contributed by atoms with Crippen LogP contribution in [0.3, 0.4) is 0 Å². The Hall–Kier alpha value is -1.58. The molecule has 0 heterocycles. The fourth-order valence-electron chi connectivity index (χ4n) is 1.96.